The monoisotopic (exact) mass is 514 g/mol. The Balaban J connectivity index is 1.69. The van der Waals surface area contributed by atoms with Crippen LogP contribution in [0.15, 0.2) is 48.7 Å². The summed E-state index contributed by atoms with van der Waals surface area (Å²) in [5, 5.41) is 2.98. The van der Waals surface area contributed by atoms with Crippen molar-refractivity contribution in [2.24, 2.45) is 0 Å². The van der Waals surface area contributed by atoms with E-state index in [0.717, 1.165) is 17.7 Å². The van der Waals surface area contributed by atoms with Crippen LogP contribution >= 0.6 is 0 Å². The second-order valence-corrected chi connectivity index (χ2v) is 8.69. The third-order valence-corrected chi connectivity index (χ3v) is 5.99. The molecule has 3 rings (SSSR count). The van der Waals surface area contributed by atoms with Crippen molar-refractivity contribution in [3.63, 3.8) is 0 Å². The van der Waals surface area contributed by atoms with Crippen LogP contribution in [0.4, 0.5) is 5.69 Å². The summed E-state index contributed by atoms with van der Waals surface area (Å²) in [6.07, 6.45) is 2.92. The lowest BCUT2D eigenvalue weighted by Crippen LogP contribution is -2.31. The van der Waals surface area contributed by atoms with E-state index < -0.39 is 17.3 Å². The van der Waals surface area contributed by atoms with Gasteiger partial charge in [-0.1, -0.05) is 25.1 Å². The number of H-pyrrole nitrogens is 1. The van der Waals surface area contributed by atoms with Crippen LogP contribution in [-0.2, 0) is 28.9 Å². The van der Waals surface area contributed by atoms with Gasteiger partial charge in [0.25, 0.3) is 11.3 Å². The number of aryl methyl sites for hydroxylation is 1. The number of amides is 1. The molecule has 10 nitrogen and oxygen atoms in total. The molecule has 1 heterocycles. The van der Waals surface area contributed by atoms with E-state index in [-0.39, 0.29) is 24.5 Å². The van der Waals surface area contributed by atoms with Crippen molar-refractivity contribution in [1.29, 1.82) is 0 Å². The highest BCUT2D eigenvalue weighted by Gasteiger charge is 2.21. The topological polar surface area (TPSA) is 143 Å². The molecule has 1 amide bonds. The number of rotatable bonds is 13. The van der Waals surface area contributed by atoms with E-state index in [4.69, 9.17) is 14.0 Å². The molecule has 11 heteroatoms. The minimum atomic E-state index is -2.16. The number of ether oxygens (including phenoxy) is 2. The maximum absolute atomic E-state index is 12.8. The van der Waals surface area contributed by atoms with Gasteiger partial charge in [0.1, 0.15) is 5.82 Å². The molecule has 0 aliphatic carbocycles. The molecule has 0 aliphatic heterocycles. The van der Waals surface area contributed by atoms with E-state index in [0.29, 0.717) is 35.0 Å². The Labute approximate surface area is 212 Å². The van der Waals surface area contributed by atoms with Crippen molar-refractivity contribution in [2.45, 2.75) is 38.6 Å². The molecular weight excluding hydrogens is 484 g/mol. The largest absolute Gasteiger partial charge is 0.493 e. The average molecular weight is 515 g/mol. The number of aromatic nitrogens is 2. The highest BCUT2D eigenvalue weighted by atomic mass is 32.2. The molecule has 36 heavy (non-hydrogen) atoms. The number of nitrogens with one attached hydrogen (secondary N) is 3. The predicted octanol–water partition coefficient (Wildman–Crippen LogP) is 3.60. The number of carbonyl (C=O) groups is 2. The number of hydrogen-bond donors (Lipinski definition) is 4. The van der Waals surface area contributed by atoms with Crippen LogP contribution in [0.25, 0.3) is 0 Å². The summed E-state index contributed by atoms with van der Waals surface area (Å²) in [5.74, 6) is 0.879. The van der Waals surface area contributed by atoms with Gasteiger partial charge in [-0.2, -0.15) is 0 Å². The second kappa shape index (κ2) is 12.8. The summed E-state index contributed by atoms with van der Waals surface area (Å²) in [4.78, 5) is 33.3. The van der Waals surface area contributed by atoms with Gasteiger partial charge in [0.05, 0.1) is 25.8 Å². The molecule has 3 aromatic rings. The lowest BCUT2D eigenvalue weighted by Gasteiger charge is -2.18. The maximum atomic E-state index is 12.8. The highest BCUT2D eigenvalue weighted by Crippen LogP contribution is 2.31. The number of carbonyl (C=O) groups excluding carboxylic acids is 2. The minimum Gasteiger partial charge on any atom is -0.493 e. The first-order valence-corrected chi connectivity index (χ1v) is 12.5. The predicted molar refractivity (Wildman–Crippen MR) is 136 cm³/mol. The van der Waals surface area contributed by atoms with Crippen LogP contribution in [0.1, 0.15) is 53.2 Å². The molecule has 0 saturated heterocycles. The molecule has 192 valence electrons. The summed E-state index contributed by atoms with van der Waals surface area (Å²) in [5.41, 5.74) is 2.69. The smallest absolute Gasteiger partial charge is 0.259 e. The highest BCUT2D eigenvalue weighted by molar-refractivity contribution is 7.80. The number of para-hydroxylation sites is 1. The minimum absolute atomic E-state index is 0.000881. The number of nitrogens with zero attached hydrogens (tertiary/aromatic N) is 1. The van der Waals surface area contributed by atoms with Crippen molar-refractivity contribution < 1.29 is 27.8 Å². The number of hydrogen-bond acceptors (Lipinski definition) is 6. The van der Waals surface area contributed by atoms with Gasteiger partial charge in [0.2, 0.25) is 5.91 Å². The number of ketones is 1. The fraction of sp³-hybridized carbons (Fsp3) is 0.320. The van der Waals surface area contributed by atoms with Crippen LogP contribution in [0, 0.1) is 0 Å². The normalized spacial score (nSPS) is 12.4. The van der Waals surface area contributed by atoms with Gasteiger partial charge in [0, 0.05) is 30.4 Å². The lowest BCUT2D eigenvalue weighted by molar-refractivity contribution is -0.121. The zero-order chi connectivity index (χ0) is 26.1. The zero-order valence-electron chi connectivity index (χ0n) is 20.4. The van der Waals surface area contributed by atoms with Gasteiger partial charge in [-0.3, -0.25) is 18.9 Å². The zero-order valence-corrected chi connectivity index (χ0v) is 21.2. The van der Waals surface area contributed by atoms with Crippen molar-refractivity contribution in [3.8, 4) is 11.5 Å². The first kappa shape index (κ1) is 26.9. The molecule has 1 aromatic heterocycles. The Bertz CT molecular complexity index is 1210. The number of benzene rings is 2. The standard InChI is InChI=1S/C25H30N4O6S/c1-4-17-15-26-25(27-17)20(14-16-8-10-18(11-9-16)29-36(32)33)28-23(31)13-12-21(30)19-6-5-7-22(34-2)24(19)35-3/h5-11,15,20,29H,4,12-14H2,1-3H3,(H,26,27)(H,28,31)(H,32,33)/t20-/m0/s1. The maximum Gasteiger partial charge on any atom is 0.259 e. The number of imidazole rings is 1. The van der Waals surface area contributed by atoms with E-state index in [2.05, 4.69) is 20.0 Å². The molecule has 0 radical (unpaired) electrons. The first-order valence-electron chi connectivity index (χ1n) is 11.4. The summed E-state index contributed by atoms with van der Waals surface area (Å²) >= 11 is -2.16. The second-order valence-electron chi connectivity index (χ2n) is 7.98. The van der Waals surface area contributed by atoms with Gasteiger partial charge < -0.3 is 19.8 Å². The summed E-state index contributed by atoms with van der Waals surface area (Å²) in [6, 6.07) is 11.6. The number of aromatic amines is 1. The number of anilines is 1. The first-order chi connectivity index (χ1) is 17.3. The van der Waals surface area contributed by atoms with Crippen LogP contribution in [-0.4, -0.2) is 44.6 Å². The van der Waals surface area contributed by atoms with Gasteiger partial charge >= 0.3 is 0 Å². The molecule has 0 bridgehead atoms. The Morgan fingerprint density at radius 1 is 1.11 bits per heavy atom. The molecule has 2 aromatic carbocycles. The summed E-state index contributed by atoms with van der Waals surface area (Å²) in [7, 11) is 2.96. The van der Waals surface area contributed by atoms with Gasteiger partial charge in [0.15, 0.2) is 17.3 Å². The molecule has 0 spiro atoms. The van der Waals surface area contributed by atoms with E-state index >= 15 is 0 Å². The van der Waals surface area contributed by atoms with Gasteiger partial charge in [-0.25, -0.2) is 9.19 Å². The van der Waals surface area contributed by atoms with Gasteiger partial charge in [-0.05, 0) is 42.7 Å². The Kier molecular flexibility index (Phi) is 9.60. The fourth-order valence-corrected chi connectivity index (χ4v) is 4.07. The molecular formula is C25H30N4O6S. The molecule has 1 unspecified atom stereocenters. The molecule has 2 atom stereocenters. The Hall–Kier alpha value is -3.70. The Morgan fingerprint density at radius 3 is 2.47 bits per heavy atom. The van der Waals surface area contributed by atoms with Gasteiger partial charge in [-0.15, -0.1) is 0 Å². The third-order valence-electron chi connectivity index (χ3n) is 5.58. The van der Waals surface area contributed by atoms with Crippen LogP contribution in [0.2, 0.25) is 0 Å². The van der Waals surface area contributed by atoms with Crippen molar-refractivity contribution in [2.75, 3.05) is 18.9 Å². The quantitative estimate of drug-likeness (QED) is 0.202. The van der Waals surface area contributed by atoms with E-state index in [1.54, 1.807) is 48.7 Å². The lowest BCUT2D eigenvalue weighted by atomic mass is 10.0. The summed E-state index contributed by atoms with van der Waals surface area (Å²) in [6.45, 7) is 2.00. The average Bonchev–Trinajstić information content (AvgIpc) is 3.36. The molecule has 0 saturated carbocycles. The van der Waals surface area contributed by atoms with Crippen molar-refractivity contribution >= 4 is 28.6 Å². The van der Waals surface area contributed by atoms with Crippen LogP contribution in [0.5, 0.6) is 11.5 Å². The van der Waals surface area contributed by atoms with Crippen molar-refractivity contribution in [1.82, 2.24) is 15.3 Å². The van der Waals surface area contributed by atoms with Crippen molar-refractivity contribution in [3.05, 3.63) is 71.3 Å². The van der Waals surface area contributed by atoms with E-state index in [1.165, 1.54) is 14.2 Å². The molecule has 4 N–H and O–H groups in total. The number of methoxy groups -OCH3 is 2. The molecule has 0 fully saturated rings. The third kappa shape index (κ3) is 7.15. The SMILES string of the molecule is CCc1cnc([C@H](Cc2ccc(NS(=O)O)cc2)NC(=O)CCC(=O)c2cccc(OC)c2OC)[nH]1. The van der Waals surface area contributed by atoms with Crippen LogP contribution < -0.4 is 19.5 Å². The van der Waals surface area contributed by atoms with Crippen LogP contribution in [0.3, 0.4) is 0 Å². The summed E-state index contributed by atoms with van der Waals surface area (Å²) < 4.78 is 32.9. The molecule has 0 aliphatic rings. The number of Topliss-reactive ketones (excluding diaryl/α,β-unsaturated/α-hetero) is 1. The Morgan fingerprint density at radius 2 is 1.86 bits per heavy atom. The fourth-order valence-electron chi connectivity index (χ4n) is 3.73. The van der Waals surface area contributed by atoms with E-state index in [9.17, 15) is 13.8 Å². The van der Waals surface area contributed by atoms with E-state index in [1.807, 2.05) is 6.92 Å².